The van der Waals surface area contributed by atoms with E-state index < -0.39 is 17.7 Å². The van der Waals surface area contributed by atoms with Crippen LogP contribution in [-0.4, -0.2) is 40.1 Å². The Morgan fingerprint density at radius 2 is 2.09 bits per heavy atom. The Morgan fingerprint density at radius 3 is 2.70 bits per heavy atom. The van der Waals surface area contributed by atoms with Crippen LogP contribution in [-0.2, 0) is 9.53 Å². The summed E-state index contributed by atoms with van der Waals surface area (Å²) < 4.78 is 5.40. The van der Waals surface area contributed by atoms with Crippen LogP contribution in [0.2, 0.25) is 5.15 Å². The molecule has 126 valence electrons. The zero-order chi connectivity index (χ0) is 17.0. The van der Waals surface area contributed by atoms with Gasteiger partial charge in [-0.2, -0.15) is 0 Å². The van der Waals surface area contributed by atoms with Gasteiger partial charge in [-0.1, -0.05) is 11.6 Å². The van der Waals surface area contributed by atoms with E-state index in [1.165, 1.54) is 11.1 Å². The Bertz CT molecular complexity index is 569. The molecule has 0 radical (unpaired) electrons. The summed E-state index contributed by atoms with van der Waals surface area (Å²) in [5, 5.41) is 3.13. The van der Waals surface area contributed by atoms with E-state index in [0.717, 1.165) is 12.8 Å². The highest BCUT2D eigenvalue weighted by Gasteiger charge is 2.34. The molecule has 1 N–H and O–H groups in total. The molecule has 2 rings (SSSR count). The molecule has 1 aliphatic heterocycles. The van der Waals surface area contributed by atoms with E-state index in [1.807, 2.05) is 20.8 Å². The van der Waals surface area contributed by atoms with Crippen LogP contribution in [0.4, 0.5) is 10.5 Å². The van der Waals surface area contributed by atoms with Crippen molar-refractivity contribution in [3.05, 3.63) is 23.5 Å². The lowest BCUT2D eigenvalue weighted by Crippen LogP contribution is -2.51. The topological polar surface area (TPSA) is 71.5 Å². The van der Waals surface area contributed by atoms with E-state index in [0.29, 0.717) is 23.8 Å². The zero-order valence-corrected chi connectivity index (χ0v) is 14.4. The number of nitrogens with one attached hydrogen (secondary N) is 1. The van der Waals surface area contributed by atoms with Crippen LogP contribution >= 0.6 is 11.6 Å². The van der Waals surface area contributed by atoms with Crippen molar-refractivity contribution < 1.29 is 14.3 Å². The van der Waals surface area contributed by atoms with Crippen LogP contribution in [0.5, 0.6) is 0 Å². The average Bonchev–Trinajstić information content (AvgIpc) is 2.48. The summed E-state index contributed by atoms with van der Waals surface area (Å²) in [7, 11) is 0. The van der Waals surface area contributed by atoms with E-state index in [1.54, 1.807) is 12.1 Å². The first-order chi connectivity index (χ1) is 10.8. The highest BCUT2D eigenvalue weighted by atomic mass is 35.5. The third kappa shape index (κ3) is 5.10. The molecule has 0 aliphatic carbocycles. The SMILES string of the molecule is CC(C)(C)OC(=O)N1CCCC[C@H]1C(=O)Nc1ccc(Cl)nc1. The maximum absolute atomic E-state index is 12.5. The zero-order valence-electron chi connectivity index (χ0n) is 13.6. The highest BCUT2D eigenvalue weighted by Crippen LogP contribution is 2.22. The minimum atomic E-state index is -0.588. The number of hydrogen-bond acceptors (Lipinski definition) is 4. The van der Waals surface area contributed by atoms with Crippen molar-refractivity contribution in [3.63, 3.8) is 0 Å². The molecule has 1 saturated heterocycles. The Hall–Kier alpha value is -1.82. The molecule has 1 aliphatic rings. The van der Waals surface area contributed by atoms with Crippen molar-refractivity contribution in [1.29, 1.82) is 0 Å². The number of carbonyl (C=O) groups is 2. The number of piperidine rings is 1. The lowest BCUT2D eigenvalue weighted by molar-refractivity contribution is -0.122. The summed E-state index contributed by atoms with van der Waals surface area (Å²) in [6, 6.07) is 2.74. The number of amides is 2. The summed E-state index contributed by atoms with van der Waals surface area (Å²) in [5.41, 5.74) is -0.0375. The van der Waals surface area contributed by atoms with E-state index in [-0.39, 0.29) is 5.91 Å². The normalized spacial score (nSPS) is 18.4. The molecule has 0 spiro atoms. The number of aromatic nitrogens is 1. The fourth-order valence-electron chi connectivity index (χ4n) is 2.42. The van der Waals surface area contributed by atoms with Crippen LogP contribution in [0.15, 0.2) is 18.3 Å². The van der Waals surface area contributed by atoms with Gasteiger partial charge in [0.15, 0.2) is 0 Å². The Labute approximate surface area is 141 Å². The maximum Gasteiger partial charge on any atom is 0.410 e. The second-order valence-electron chi connectivity index (χ2n) is 6.54. The van der Waals surface area contributed by atoms with Crippen LogP contribution in [0.25, 0.3) is 0 Å². The number of hydrogen-bond donors (Lipinski definition) is 1. The van der Waals surface area contributed by atoms with Gasteiger partial charge in [-0.15, -0.1) is 0 Å². The van der Waals surface area contributed by atoms with Crippen LogP contribution in [0.1, 0.15) is 40.0 Å². The highest BCUT2D eigenvalue weighted by molar-refractivity contribution is 6.29. The van der Waals surface area contributed by atoms with E-state index >= 15 is 0 Å². The summed E-state index contributed by atoms with van der Waals surface area (Å²) >= 11 is 5.73. The predicted octanol–water partition coefficient (Wildman–Crippen LogP) is 3.46. The number of halogens is 1. The van der Waals surface area contributed by atoms with Gasteiger partial charge in [-0.05, 0) is 52.2 Å². The quantitative estimate of drug-likeness (QED) is 0.837. The van der Waals surface area contributed by atoms with Crippen molar-refractivity contribution in [2.45, 2.75) is 51.7 Å². The van der Waals surface area contributed by atoms with Gasteiger partial charge in [-0.3, -0.25) is 9.69 Å². The fourth-order valence-corrected chi connectivity index (χ4v) is 2.53. The van der Waals surface area contributed by atoms with Gasteiger partial charge in [0, 0.05) is 6.54 Å². The molecule has 0 saturated carbocycles. The number of anilines is 1. The fraction of sp³-hybridized carbons (Fsp3) is 0.562. The molecular weight excluding hydrogens is 318 g/mol. The first-order valence-corrected chi connectivity index (χ1v) is 8.06. The molecule has 23 heavy (non-hydrogen) atoms. The number of pyridine rings is 1. The molecule has 1 atom stereocenters. The third-order valence-electron chi connectivity index (χ3n) is 3.43. The summed E-state index contributed by atoms with van der Waals surface area (Å²) in [6.45, 7) is 5.95. The molecule has 7 heteroatoms. The first-order valence-electron chi connectivity index (χ1n) is 7.68. The second-order valence-corrected chi connectivity index (χ2v) is 6.93. The van der Waals surface area contributed by atoms with Crippen LogP contribution in [0, 0.1) is 0 Å². The van der Waals surface area contributed by atoms with Crippen molar-refractivity contribution >= 4 is 29.3 Å². The molecule has 6 nitrogen and oxygen atoms in total. The van der Waals surface area contributed by atoms with Gasteiger partial charge < -0.3 is 10.1 Å². The first kappa shape index (κ1) is 17.5. The van der Waals surface area contributed by atoms with Gasteiger partial charge in [0.2, 0.25) is 5.91 Å². The van der Waals surface area contributed by atoms with Gasteiger partial charge >= 0.3 is 6.09 Å². The maximum atomic E-state index is 12.5. The van der Waals surface area contributed by atoms with Gasteiger partial charge in [0.25, 0.3) is 0 Å². The Kier molecular flexibility index (Phi) is 5.46. The predicted molar refractivity (Wildman–Crippen MR) is 88.5 cm³/mol. The number of ether oxygens (including phenoxy) is 1. The summed E-state index contributed by atoms with van der Waals surface area (Å²) in [6.07, 6.45) is 3.42. The number of nitrogens with zero attached hydrogens (tertiary/aromatic N) is 2. The molecule has 2 amide bonds. The van der Waals surface area contributed by atoms with Crippen molar-refractivity contribution in [2.75, 3.05) is 11.9 Å². The second kappa shape index (κ2) is 7.17. The minimum absolute atomic E-state index is 0.236. The van der Waals surface area contributed by atoms with Gasteiger partial charge in [-0.25, -0.2) is 9.78 Å². The van der Waals surface area contributed by atoms with Gasteiger partial charge in [0.05, 0.1) is 11.9 Å². The lowest BCUT2D eigenvalue weighted by Gasteiger charge is -2.35. The average molecular weight is 340 g/mol. The number of carbonyl (C=O) groups excluding carboxylic acids is 2. The summed E-state index contributed by atoms with van der Waals surface area (Å²) in [5.74, 6) is -0.236. The Morgan fingerprint density at radius 1 is 1.35 bits per heavy atom. The van der Waals surface area contributed by atoms with Crippen molar-refractivity contribution in [2.24, 2.45) is 0 Å². The van der Waals surface area contributed by atoms with Crippen molar-refractivity contribution in [1.82, 2.24) is 9.88 Å². The largest absolute Gasteiger partial charge is 0.444 e. The molecule has 1 aromatic rings. The molecule has 0 bridgehead atoms. The van der Waals surface area contributed by atoms with Crippen LogP contribution in [0.3, 0.4) is 0 Å². The molecule has 1 aromatic heterocycles. The molecule has 1 fully saturated rings. The monoisotopic (exact) mass is 339 g/mol. The molecule has 2 heterocycles. The van der Waals surface area contributed by atoms with E-state index in [9.17, 15) is 9.59 Å². The molecular formula is C16H22ClN3O3. The van der Waals surface area contributed by atoms with Gasteiger partial charge in [0.1, 0.15) is 16.8 Å². The summed E-state index contributed by atoms with van der Waals surface area (Å²) in [4.78, 5) is 30.3. The van der Waals surface area contributed by atoms with E-state index in [4.69, 9.17) is 16.3 Å². The minimum Gasteiger partial charge on any atom is -0.444 e. The third-order valence-corrected chi connectivity index (χ3v) is 3.65. The number of likely N-dealkylation sites (tertiary alicyclic amines) is 1. The van der Waals surface area contributed by atoms with Crippen LogP contribution < -0.4 is 5.32 Å². The van der Waals surface area contributed by atoms with E-state index in [2.05, 4.69) is 10.3 Å². The lowest BCUT2D eigenvalue weighted by atomic mass is 10.0. The molecule has 0 unspecified atom stereocenters. The smallest absolute Gasteiger partial charge is 0.410 e. The van der Waals surface area contributed by atoms with Crippen molar-refractivity contribution in [3.8, 4) is 0 Å². The molecule has 0 aromatic carbocycles. The number of rotatable bonds is 2. The standard InChI is InChI=1S/C16H22ClN3O3/c1-16(2,3)23-15(22)20-9-5-4-6-12(20)14(21)19-11-7-8-13(17)18-10-11/h7-8,10,12H,4-6,9H2,1-3H3,(H,19,21)/t12-/m0/s1. The Balaban J connectivity index is 2.06.